The van der Waals surface area contributed by atoms with Crippen LogP contribution in [-0.2, 0) is 25.5 Å². The molecule has 14 heteroatoms. The molecule has 0 aliphatic carbocycles. The number of ether oxygens (including phenoxy) is 1. The number of tetrazole rings is 1. The van der Waals surface area contributed by atoms with Crippen LogP contribution in [0.5, 0.6) is 0 Å². The number of amides is 2. The average molecular weight is 591 g/mol. The highest BCUT2D eigenvalue weighted by atomic mass is 35.5. The first-order valence-electron chi connectivity index (χ1n) is 13.2. The van der Waals surface area contributed by atoms with Gasteiger partial charge in [-0.15, -0.1) is 15.3 Å². The summed E-state index contributed by atoms with van der Waals surface area (Å²) in [5.41, 5.74) is 2.88. The number of rotatable bonds is 6. The maximum atomic E-state index is 13.0. The SMILES string of the molecule is COC(=O)Cc1ccc2c(c1)NC(=O)CCCCC[C@H](NC(=O)/C=C/c1cc(Cl)ccc1-n1cnnn1)c1nnc-2o1. The molecule has 2 aromatic heterocycles. The van der Waals surface area contributed by atoms with E-state index >= 15 is 0 Å². The van der Waals surface area contributed by atoms with E-state index in [9.17, 15) is 14.4 Å². The highest BCUT2D eigenvalue weighted by Crippen LogP contribution is 2.31. The normalized spacial score (nSPS) is 15.6. The number of fused-ring (bicyclic) bond motifs is 4. The Morgan fingerprint density at radius 3 is 2.88 bits per heavy atom. The number of hydrogen-bond acceptors (Lipinski definition) is 10. The van der Waals surface area contributed by atoms with Crippen molar-refractivity contribution < 1.29 is 23.5 Å². The minimum Gasteiger partial charge on any atom is -0.469 e. The molecule has 0 radical (unpaired) electrons. The van der Waals surface area contributed by atoms with E-state index in [4.69, 9.17) is 20.8 Å². The number of carbonyl (C=O) groups excluding carboxylic acids is 3. The number of esters is 1. The zero-order chi connectivity index (χ0) is 29.5. The van der Waals surface area contributed by atoms with Gasteiger partial charge in [-0.1, -0.05) is 30.5 Å². The van der Waals surface area contributed by atoms with Crippen LogP contribution < -0.4 is 10.6 Å². The summed E-state index contributed by atoms with van der Waals surface area (Å²) in [6, 6.07) is 9.72. The monoisotopic (exact) mass is 590 g/mol. The lowest BCUT2D eigenvalue weighted by atomic mass is 10.1. The third-order valence-corrected chi connectivity index (χ3v) is 6.85. The Kier molecular flexibility index (Phi) is 8.97. The highest BCUT2D eigenvalue weighted by molar-refractivity contribution is 6.30. The Labute approximate surface area is 245 Å². The summed E-state index contributed by atoms with van der Waals surface area (Å²) in [6.07, 6.45) is 7.47. The van der Waals surface area contributed by atoms with Crippen LogP contribution in [0.2, 0.25) is 5.02 Å². The number of carbonyl (C=O) groups is 3. The summed E-state index contributed by atoms with van der Waals surface area (Å²) in [6.45, 7) is 0. The van der Waals surface area contributed by atoms with Crippen LogP contribution in [0.25, 0.3) is 23.2 Å². The fraction of sp³-hybridized carbons (Fsp3) is 0.286. The molecule has 2 aromatic carbocycles. The number of nitrogens with zero attached hydrogens (tertiary/aromatic N) is 6. The van der Waals surface area contributed by atoms with Gasteiger partial charge < -0.3 is 19.8 Å². The van der Waals surface area contributed by atoms with Gasteiger partial charge in [0.25, 0.3) is 0 Å². The lowest BCUT2D eigenvalue weighted by molar-refractivity contribution is -0.139. The van der Waals surface area contributed by atoms with Crippen LogP contribution in [0.4, 0.5) is 5.69 Å². The largest absolute Gasteiger partial charge is 0.469 e. The lowest BCUT2D eigenvalue weighted by Crippen LogP contribution is -2.27. The van der Waals surface area contributed by atoms with Gasteiger partial charge in [-0.25, -0.2) is 0 Å². The topological polar surface area (TPSA) is 167 Å². The number of halogens is 1. The molecule has 2 bridgehead atoms. The zero-order valence-electron chi connectivity index (χ0n) is 22.6. The molecule has 3 heterocycles. The molecule has 0 saturated heterocycles. The molecule has 0 unspecified atom stereocenters. The van der Waals surface area contributed by atoms with E-state index in [1.807, 2.05) is 0 Å². The molecule has 0 spiro atoms. The van der Waals surface area contributed by atoms with Crippen molar-refractivity contribution in [3.8, 4) is 17.1 Å². The van der Waals surface area contributed by atoms with E-state index < -0.39 is 12.0 Å². The van der Waals surface area contributed by atoms with E-state index in [0.717, 1.165) is 6.42 Å². The summed E-state index contributed by atoms with van der Waals surface area (Å²) in [4.78, 5) is 37.5. The van der Waals surface area contributed by atoms with Crippen LogP contribution in [0, 0.1) is 0 Å². The van der Waals surface area contributed by atoms with Gasteiger partial charge in [0.05, 0.1) is 30.5 Å². The summed E-state index contributed by atoms with van der Waals surface area (Å²) in [5.74, 6) is -0.539. The summed E-state index contributed by atoms with van der Waals surface area (Å²) in [7, 11) is 1.32. The number of benzene rings is 2. The number of anilines is 1. The van der Waals surface area contributed by atoms with Gasteiger partial charge in [0, 0.05) is 23.1 Å². The third kappa shape index (κ3) is 7.04. The minimum absolute atomic E-state index is 0.0444. The second-order valence-corrected chi connectivity index (χ2v) is 10.0. The molecule has 4 aromatic rings. The second kappa shape index (κ2) is 13.2. The molecule has 2 amide bonds. The van der Waals surface area contributed by atoms with E-state index in [0.29, 0.717) is 58.8 Å². The van der Waals surface area contributed by atoms with E-state index in [-0.39, 0.29) is 30.0 Å². The predicted molar refractivity (Wildman–Crippen MR) is 151 cm³/mol. The molecule has 1 atom stereocenters. The Hall–Kier alpha value is -4.91. The number of aromatic nitrogens is 6. The Balaban J connectivity index is 1.39. The fourth-order valence-electron chi connectivity index (χ4n) is 4.52. The zero-order valence-corrected chi connectivity index (χ0v) is 23.4. The summed E-state index contributed by atoms with van der Waals surface area (Å²) in [5, 5.41) is 26.0. The van der Waals surface area contributed by atoms with Gasteiger partial charge in [-0.3, -0.25) is 14.4 Å². The Bertz CT molecular complexity index is 1620. The van der Waals surface area contributed by atoms with Crippen molar-refractivity contribution in [3.63, 3.8) is 0 Å². The van der Waals surface area contributed by atoms with Gasteiger partial charge in [0.1, 0.15) is 12.4 Å². The molecular formula is C28H27ClN8O5. The first-order chi connectivity index (χ1) is 20.4. The van der Waals surface area contributed by atoms with Crippen LogP contribution in [-0.4, -0.2) is 55.3 Å². The van der Waals surface area contributed by atoms with Gasteiger partial charge in [0.2, 0.25) is 23.6 Å². The number of methoxy groups -OCH3 is 1. The van der Waals surface area contributed by atoms with Crippen molar-refractivity contribution in [2.75, 3.05) is 12.4 Å². The molecule has 1 aliphatic heterocycles. The Morgan fingerprint density at radius 1 is 1.19 bits per heavy atom. The van der Waals surface area contributed by atoms with Gasteiger partial charge >= 0.3 is 5.97 Å². The van der Waals surface area contributed by atoms with Crippen LogP contribution in [0.3, 0.4) is 0 Å². The molecular weight excluding hydrogens is 564 g/mol. The molecule has 5 rings (SSSR count). The van der Waals surface area contributed by atoms with Crippen LogP contribution in [0.15, 0.2) is 53.2 Å². The van der Waals surface area contributed by atoms with Crippen molar-refractivity contribution in [2.45, 2.75) is 44.6 Å². The molecule has 216 valence electrons. The van der Waals surface area contributed by atoms with Crippen molar-refractivity contribution in [1.82, 2.24) is 35.7 Å². The minimum atomic E-state index is -0.562. The third-order valence-electron chi connectivity index (χ3n) is 6.62. The molecule has 0 saturated carbocycles. The predicted octanol–water partition coefficient (Wildman–Crippen LogP) is 3.85. The van der Waals surface area contributed by atoms with Gasteiger partial charge in [-0.2, -0.15) is 4.68 Å². The lowest BCUT2D eigenvalue weighted by Gasteiger charge is -2.14. The van der Waals surface area contributed by atoms with Crippen molar-refractivity contribution >= 4 is 41.1 Å². The molecule has 2 N–H and O–H groups in total. The quantitative estimate of drug-likeness (QED) is 0.248. The first-order valence-corrected chi connectivity index (χ1v) is 13.6. The molecule has 42 heavy (non-hydrogen) atoms. The summed E-state index contributed by atoms with van der Waals surface area (Å²) < 4.78 is 12.2. The Morgan fingerprint density at radius 2 is 2.07 bits per heavy atom. The first kappa shape index (κ1) is 28.6. The summed E-state index contributed by atoms with van der Waals surface area (Å²) >= 11 is 6.19. The van der Waals surface area contributed by atoms with Crippen LogP contribution >= 0.6 is 11.6 Å². The van der Waals surface area contributed by atoms with E-state index in [1.54, 1.807) is 42.5 Å². The smallest absolute Gasteiger partial charge is 0.309 e. The number of nitrogens with one attached hydrogen (secondary N) is 2. The molecule has 13 nitrogen and oxygen atoms in total. The van der Waals surface area contributed by atoms with Crippen LogP contribution in [0.1, 0.15) is 55.2 Å². The maximum Gasteiger partial charge on any atom is 0.309 e. The van der Waals surface area contributed by atoms with Gasteiger partial charge in [0.15, 0.2) is 0 Å². The fourth-order valence-corrected chi connectivity index (χ4v) is 4.70. The van der Waals surface area contributed by atoms with Crippen molar-refractivity contribution in [3.05, 3.63) is 70.8 Å². The highest BCUT2D eigenvalue weighted by Gasteiger charge is 2.23. The second-order valence-electron chi connectivity index (χ2n) is 9.58. The van der Waals surface area contributed by atoms with E-state index in [1.165, 1.54) is 24.2 Å². The maximum absolute atomic E-state index is 13.0. The average Bonchev–Trinajstić information content (AvgIpc) is 3.68. The van der Waals surface area contributed by atoms with Gasteiger partial charge in [-0.05, 0) is 65.2 Å². The number of hydrogen-bond donors (Lipinski definition) is 2. The molecule has 1 aliphatic rings. The van der Waals surface area contributed by atoms with Crippen molar-refractivity contribution in [1.29, 1.82) is 0 Å². The molecule has 0 fully saturated rings. The van der Waals surface area contributed by atoms with E-state index in [2.05, 4.69) is 36.4 Å². The standard InChI is InChI=1S/C28H27ClN8O5/c1-41-26(40)14-17-7-10-20-22(13-17)32-24(38)6-4-2-3-5-21(28-34-33-27(20)42-28)31-25(39)12-8-18-15-19(29)9-11-23(18)37-16-30-35-36-37/h7-13,15-16,21H,2-6,14H2,1H3,(H,31,39)(H,32,38)/b12-8+/t21-/m0/s1. The van der Waals surface area contributed by atoms with Crippen molar-refractivity contribution in [2.24, 2.45) is 0 Å².